The first-order valence-corrected chi connectivity index (χ1v) is 5.81. The Labute approximate surface area is 96.7 Å². The number of imidazole rings is 1. The summed E-state index contributed by atoms with van der Waals surface area (Å²) >= 11 is 0. The Hall–Kier alpha value is -1.57. The molecule has 0 unspecified atom stereocenters. The Morgan fingerprint density at radius 2 is 2.19 bits per heavy atom. The van der Waals surface area contributed by atoms with Crippen LogP contribution >= 0.6 is 0 Å². The van der Waals surface area contributed by atoms with Crippen LogP contribution in [0.4, 0.5) is 0 Å². The average molecular weight is 214 g/mol. The molecule has 0 fully saturated rings. The summed E-state index contributed by atoms with van der Waals surface area (Å²) in [6.45, 7) is 6.60. The molecule has 0 aliphatic heterocycles. The predicted molar refractivity (Wildman–Crippen MR) is 66.7 cm³/mol. The number of aromatic amines is 1. The minimum Gasteiger partial charge on any atom is -0.348 e. The van der Waals surface area contributed by atoms with E-state index in [1.54, 1.807) is 0 Å². The maximum atomic E-state index is 4.33. The fourth-order valence-corrected chi connectivity index (χ4v) is 2.22. The number of hydrogen-bond donors (Lipinski definition) is 1. The van der Waals surface area contributed by atoms with Crippen LogP contribution in [-0.2, 0) is 6.42 Å². The monoisotopic (exact) mass is 214 g/mol. The minimum atomic E-state index is 0.335. The van der Waals surface area contributed by atoms with Crippen LogP contribution in [0.15, 0.2) is 30.6 Å². The molecular weight excluding hydrogens is 196 g/mol. The van der Waals surface area contributed by atoms with Crippen molar-refractivity contribution in [1.82, 2.24) is 9.97 Å². The Morgan fingerprint density at radius 3 is 2.81 bits per heavy atom. The second-order valence-corrected chi connectivity index (χ2v) is 4.18. The third-order valence-corrected chi connectivity index (χ3v) is 3.26. The van der Waals surface area contributed by atoms with Gasteiger partial charge in [-0.15, -0.1) is 0 Å². The first kappa shape index (κ1) is 10.9. The highest BCUT2D eigenvalue weighted by Gasteiger charge is 2.13. The molecule has 2 aromatic rings. The zero-order valence-corrected chi connectivity index (χ0v) is 10.1. The lowest BCUT2D eigenvalue weighted by Crippen LogP contribution is -2.02. The van der Waals surface area contributed by atoms with Crippen molar-refractivity contribution in [3.8, 4) is 0 Å². The largest absolute Gasteiger partial charge is 0.348 e. The van der Waals surface area contributed by atoms with E-state index in [0.29, 0.717) is 5.92 Å². The molecule has 1 atom stereocenters. The topological polar surface area (TPSA) is 28.7 Å². The molecule has 0 aliphatic carbocycles. The third kappa shape index (κ3) is 1.87. The Morgan fingerprint density at radius 1 is 1.38 bits per heavy atom. The summed E-state index contributed by atoms with van der Waals surface area (Å²) < 4.78 is 0. The van der Waals surface area contributed by atoms with Gasteiger partial charge in [-0.1, -0.05) is 32.0 Å². The normalized spacial score (nSPS) is 12.7. The first-order chi connectivity index (χ1) is 7.74. The lowest BCUT2D eigenvalue weighted by atomic mass is 9.92. The summed E-state index contributed by atoms with van der Waals surface area (Å²) in [5, 5.41) is 0. The van der Waals surface area contributed by atoms with Gasteiger partial charge in [0.25, 0.3) is 0 Å². The van der Waals surface area contributed by atoms with Crippen LogP contribution in [0.5, 0.6) is 0 Å². The molecule has 0 bridgehead atoms. The second-order valence-electron chi connectivity index (χ2n) is 4.18. The van der Waals surface area contributed by atoms with Crippen LogP contribution in [0.2, 0.25) is 0 Å². The summed E-state index contributed by atoms with van der Waals surface area (Å²) in [5.74, 6) is 1.37. The van der Waals surface area contributed by atoms with Gasteiger partial charge < -0.3 is 4.98 Å². The van der Waals surface area contributed by atoms with E-state index in [9.17, 15) is 0 Å². The van der Waals surface area contributed by atoms with Crippen molar-refractivity contribution in [3.63, 3.8) is 0 Å². The molecule has 0 aliphatic rings. The Bertz CT molecular complexity index is 458. The molecule has 84 valence electrons. The molecule has 2 heteroatoms. The van der Waals surface area contributed by atoms with Gasteiger partial charge in [-0.2, -0.15) is 0 Å². The van der Waals surface area contributed by atoms with E-state index in [1.165, 1.54) is 16.7 Å². The number of aryl methyl sites for hydroxylation is 1. The number of rotatable bonds is 3. The van der Waals surface area contributed by atoms with E-state index < -0.39 is 0 Å². The van der Waals surface area contributed by atoms with Gasteiger partial charge in [0.1, 0.15) is 5.82 Å². The van der Waals surface area contributed by atoms with Gasteiger partial charge in [0.05, 0.1) is 0 Å². The lowest BCUT2D eigenvalue weighted by Gasteiger charge is -2.15. The molecule has 0 saturated heterocycles. The van der Waals surface area contributed by atoms with Crippen molar-refractivity contribution in [2.75, 3.05) is 0 Å². The summed E-state index contributed by atoms with van der Waals surface area (Å²) in [6.07, 6.45) is 4.78. The highest BCUT2D eigenvalue weighted by atomic mass is 14.9. The van der Waals surface area contributed by atoms with Crippen LogP contribution in [-0.4, -0.2) is 9.97 Å². The SMILES string of the molecule is CCc1cccc([C@H](C)c2ncc[nH]2)c1C. The van der Waals surface area contributed by atoms with Crippen LogP contribution in [0.1, 0.15) is 42.3 Å². The van der Waals surface area contributed by atoms with E-state index in [1.807, 2.05) is 12.4 Å². The highest BCUT2D eigenvalue weighted by Crippen LogP contribution is 2.26. The van der Waals surface area contributed by atoms with Crippen LogP contribution < -0.4 is 0 Å². The third-order valence-electron chi connectivity index (χ3n) is 3.26. The zero-order valence-electron chi connectivity index (χ0n) is 10.1. The van der Waals surface area contributed by atoms with Crippen molar-refractivity contribution in [2.45, 2.75) is 33.1 Å². The molecule has 1 N–H and O–H groups in total. The molecule has 1 aromatic carbocycles. The predicted octanol–water partition coefficient (Wildman–Crippen LogP) is 3.43. The van der Waals surface area contributed by atoms with Crippen molar-refractivity contribution in [3.05, 3.63) is 53.1 Å². The highest BCUT2D eigenvalue weighted by molar-refractivity contribution is 5.38. The summed E-state index contributed by atoms with van der Waals surface area (Å²) in [4.78, 5) is 7.52. The van der Waals surface area contributed by atoms with E-state index in [2.05, 4.69) is 48.9 Å². The quantitative estimate of drug-likeness (QED) is 0.833. The summed E-state index contributed by atoms with van der Waals surface area (Å²) in [6, 6.07) is 6.54. The van der Waals surface area contributed by atoms with E-state index >= 15 is 0 Å². The number of nitrogens with zero attached hydrogens (tertiary/aromatic N) is 1. The number of nitrogens with one attached hydrogen (secondary N) is 1. The molecule has 2 nitrogen and oxygen atoms in total. The van der Waals surface area contributed by atoms with E-state index in [4.69, 9.17) is 0 Å². The van der Waals surface area contributed by atoms with Gasteiger partial charge in [0.2, 0.25) is 0 Å². The smallest absolute Gasteiger partial charge is 0.113 e. The van der Waals surface area contributed by atoms with Crippen molar-refractivity contribution >= 4 is 0 Å². The summed E-state index contributed by atoms with van der Waals surface area (Å²) in [5.41, 5.74) is 4.19. The Kier molecular flexibility index (Phi) is 3.09. The molecule has 0 spiro atoms. The van der Waals surface area contributed by atoms with Gasteiger partial charge in [0, 0.05) is 18.3 Å². The standard InChI is InChI=1S/C14H18N2/c1-4-12-6-5-7-13(10(12)2)11(3)14-15-8-9-16-14/h5-9,11H,4H2,1-3H3,(H,15,16)/t11-/m0/s1. The molecule has 0 saturated carbocycles. The average Bonchev–Trinajstić information content (AvgIpc) is 2.82. The maximum absolute atomic E-state index is 4.33. The minimum absolute atomic E-state index is 0.335. The van der Waals surface area contributed by atoms with E-state index in [-0.39, 0.29) is 0 Å². The molecule has 2 rings (SSSR count). The molecule has 1 aromatic heterocycles. The van der Waals surface area contributed by atoms with Crippen molar-refractivity contribution in [1.29, 1.82) is 0 Å². The van der Waals surface area contributed by atoms with Crippen molar-refractivity contribution < 1.29 is 0 Å². The van der Waals surface area contributed by atoms with Gasteiger partial charge in [-0.05, 0) is 30.0 Å². The summed E-state index contributed by atoms with van der Waals surface area (Å²) in [7, 11) is 0. The number of hydrogen-bond acceptors (Lipinski definition) is 1. The fraction of sp³-hybridized carbons (Fsp3) is 0.357. The first-order valence-electron chi connectivity index (χ1n) is 5.81. The van der Waals surface area contributed by atoms with E-state index in [0.717, 1.165) is 12.2 Å². The van der Waals surface area contributed by atoms with Gasteiger partial charge >= 0.3 is 0 Å². The van der Waals surface area contributed by atoms with Gasteiger partial charge in [-0.25, -0.2) is 4.98 Å². The second kappa shape index (κ2) is 4.52. The molecule has 0 amide bonds. The van der Waals surface area contributed by atoms with Crippen LogP contribution in [0.3, 0.4) is 0 Å². The van der Waals surface area contributed by atoms with Crippen molar-refractivity contribution in [2.24, 2.45) is 0 Å². The number of benzene rings is 1. The Balaban J connectivity index is 2.41. The lowest BCUT2D eigenvalue weighted by molar-refractivity contribution is 0.828. The van der Waals surface area contributed by atoms with Gasteiger partial charge in [-0.3, -0.25) is 0 Å². The number of H-pyrrole nitrogens is 1. The molecule has 0 radical (unpaired) electrons. The molecule has 16 heavy (non-hydrogen) atoms. The zero-order chi connectivity index (χ0) is 11.5. The fourth-order valence-electron chi connectivity index (χ4n) is 2.22. The number of aromatic nitrogens is 2. The van der Waals surface area contributed by atoms with Crippen LogP contribution in [0.25, 0.3) is 0 Å². The van der Waals surface area contributed by atoms with Crippen LogP contribution in [0, 0.1) is 6.92 Å². The maximum Gasteiger partial charge on any atom is 0.113 e. The molecule has 1 heterocycles. The van der Waals surface area contributed by atoms with Gasteiger partial charge in [0.15, 0.2) is 0 Å². The molecular formula is C14H18N2.